The normalized spacial score (nSPS) is 14.8. The van der Waals surface area contributed by atoms with E-state index in [1.165, 1.54) is 12.8 Å². The molecular weight excluding hydrogens is 236 g/mol. The molecule has 1 aromatic heterocycles. The van der Waals surface area contributed by atoms with Crippen LogP contribution in [0.3, 0.4) is 0 Å². The third-order valence-electron chi connectivity index (χ3n) is 3.53. The van der Waals surface area contributed by atoms with Crippen molar-refractivity contribution in [2.75, 3.05) is 6.54 Å². The van der Waals surface area contributed by atoms with Crippen LogP contribution in [0.2, 0.25) is 0 Å². The Morgan fingerprint density at radius 1 is 1.26 bits per heavy atom. The van der Waals surface area contributed by atoms with Crippen molar-refractivity contribution in [1.29, 1.82) is 0 Å². The van der Waals surface area contributed by atoms with E-state index in [0.29, 0.717) is 17.9 Å². The molecule has 0 saturated carbocycles. The molecule has 4 heteroatoms. The second-order valence-electron chi connectivity index (χ2n) is 5.89. The highest BCUT2D eigenvalue weighted by atomic mass is 15.3. The van der Waals surface area contributed by atoms with Gasteiger partial charge < -0.3 is 5.32 Å². The van der Waals surface area contributed by atoms with Crippen LogP contribution < -0.4 is 5.32 Å². The number of likely N-dealkylation sites (N-methyl/N-ethyl adjacent to an activating group) is 1. The molecule has 0 aliphatic heterocycles. The van der Waals surface area contributed by atoms with Gasteiger partial charge in [-0.2, -0.15) is 5.10 Å². The van der Waals surface area contributed by atoms with Crippen LogP contribution in [-0.2, 0) is 13.0 Å². The minimum Gasteiger partial charge on any atom is -0.314 e. The Morgan fingerprint density at radius 2 is 2.00 bits per heavy atom. The Bertz CT molecular complexity index is 346. The van der Waals surface area contributed by atoms with Crippen molar-refractivity contribution in [2.24, 2.45) is 11.8 Å². The maximum absolute atomic E-state index is 4.45. The van der Waals surface area contributed by atoms with Crippen molar-refractivity contribution >= 4 is 0 Å². The highest BCUT2D eigenvalue weighted by Gasteiger charge is 2.19. The van der Waals surface area contributed by atoms with Gasteiger partial charge >= 0.3 is 0 Å². The lowest BCUT2D eigenvalue weighted by atomic mass is 9.94. The highest BCUT2D eigenvalue weighted by Crippen LogP contribution is 2.15. The topological polar surface area (TPSA) is 42.7 Å². The zero-order valence-electron chi connectivity index (χ0n) is 13.2. The molecular formula is C15H30N4. The number of hydrogen-bond donors (Lipinski definition) is 1. The minimum atomic E-state index is 0.500. The summed E-state index contributed by atoms with van der Waals surface area (Å²) in [6.45, 7) is 13.2. The number of aromatic nitrogens is 3. The summed E-state index contributed by atoms with van der Waals surface area (Å²) >= 11 is 0. The van der Waals surface area contributed by atoms with Crippen LogP contribution in [0.1, 0.15) is 53.3 Å². The van der Waals surface area contributed by atoms with Gasteiger partial charge in [0, 0.05) is 19.0 Å². The van der Waals surface area contributed by atoms with E-state index < -0.39 is 0 Å². The molecule has 2 unspecified atom stereocenters. The first-order valence-corrected chi connectivity index (χ1v) is 7.68. The van der Waals surface area contributed by atoms with Gasteiger partial charge in [-0.1, -0.05) is 41.0 Å². The van der Waals surface area contributed by atoms with Gasteiger partial charge in [-0.15, -0.1) is 0 Å². The lowest BCUT2D eigenvalue weighted by molar-refractivity contribution is 0.344. The Labute approximate surface area is 118 Å². The second kappa shape index (κ2) is 8.31. The van der Waals surface area contributed by atoms with Crippen molar-refractivity contribution in [2.45, 2.75) is 66.5 Å². The van der Waals surface area contributed by atoms with Gasteiger partial charge in [0.25, 0.3) is 0 Å². The Hall–Kier alpha value is -0.900. The van der Waals surface area contributed by atoms with E-state index in [0.717, 1.165) is 25.3 Å². The van der Waals surface area contributed by atoms with E-state index in [9.17, 15) is 0 Å². The summed E-state index contributed by atoms with van der Waals surface area (Å²) in [5.41, 5.74) is 0. The molecule has 0 bridgehead atoms. The average molecular weight is 266 g/mol. The molecule has 0 aromatic carbocycles. The molecule has 1 N–H and O–H groups in total. The molecule has 19 heavy (non-hydrogen) atoms. The Balaban J connectivity index is 2.70. The van der Waals surface area contributed by atoms with Gasteiger partial charge in [-0.25, -0.2) is 9.67 Å². The molecule has 2 atom stereocenters. The van der Waals surface area contributed by atoms with Crippen LogP contribution in [-0.4, -0.2) is 27.4 Å². The average Bonchev–Trinajstić information content (AvgIpc) is 2.75. The van der Waals surface area contributed by atoms with E-state index in [2.05, 4.69) is 54.7 Å². The van der Waals surface area contributed by atoms with Gasteiger partial charge in [-0.05, 0) is 24.8 Å². The molecule has 0 aliphatic carbocycles. The van der Waals surface area contributed by atoms with E-state index in [1.807, 2.05) is 0 Å². The third kappa shape index (κ3) is 5.31. The van der Waals surface area contributed by atoms with E-state index in [-0.39, 0.29) is 0 Å². The predicted molar refractivity (Wildman–Crippen MR) is 80.1 cm³/mol. The number of nitrogens with zero attached hydrogens (tertiary/aromatic N) is 3. The van der Waals surface area contributed by atoms with Gasteiger partial charge in [0.2, 0.25) is 0 Å². The first-order valence-electron chi connectivity index (χ1n) is 7.68. The number of rotatable bonds is 9. The fourth-order valence-electron chi connectivity index (χ4n) is 2.53. The summed E-state index contributed by atoms with van der Waals surface area (Å²) in [5.74, 6) is 2.39. The lowest BCUT2D eigenvalue weighted by Crippen LogP contribution is -2.37. The minimum absolute atomic E-state index is 0.500. The van der Waals surface area contributed by atoms with Crippen molar-refractivity contribution in [3.63, 3.8) is 0 Å². The SMILES string of the molecule is CCCC(C)C(Cc1ncnn1CC(C)C)NCC. The molecule has 0 saturated heterocycles. The maximum Gasteiger partial charge on any atom is 0.138 e. The van der Waals surface area contributed by atoms with E-state index >= 15 is 0 Å². The molecule has 1 rings (SSSR count). The summed E-state index contributed by atoms with van der Waals surface area (Å²) in [6, 6.07) is 0.500. The van der Waals surface area contributed by atoms with Crippen molar-refractivity contribution in [1.82, 2.24) is 20.1 Å². The molecule has 0 fully saturated rings. The Kier molecular flexibility index (Phi) is 7.06. The largest absolute Gasteiger partial charge is 0.314 e. The molecule has 0 amide bonds. The first kappa shape index (κ1) is 16.2. The summed E-state index contributed by atoms with van der Waals surface area (Å²) in [7, 11) is 0. The molecule has 0 aliphatic rings. The third-order valence-corrected chi connectivity index (χ3v) is 3.53. The molecule has 4 nitrogen and oxygen atoms in total. The molecule has 0 spiro atoms. The number of nitrogens with one attached hydrogen (secondary N) is 1. The maximum atomic E-state index is 4.45. The standard InChI is InChI=1S/C15H30N4/c1-6-8-13(5)14(16-7-2)9-15-17-11-18-19(15)10-12(3)4/h11-14,16H,6-10H2,1-5H3. The highest BCUT2D eigenvalue weighted by molar-refractivity contribution is 4.91. The summed E-state index contributed by atoms with van der Waals surface area (Å²) in [6.07, 6.45) is 5.16. The lowest BCUT2D eigenvalue weighted by Gasteiger charge is -2.24. The van der Waals surface area contributed by atoms with Gasteiger partial charge in [0.05, 0.1) is 0 Å². The monoisotopic (exact) mass is 266 g/mol. The quantitative estimate of drug-likeness (QED) is 0.747. The van der Waals surface area contributed by atoms with Crippen LogP contribution in [0.4, 0.5) is 0 Å². The second-order valence-corrected chi connectivity index (χ2v) is 5.89. The van der Waals surface area contributed by atoms with Crippen LogP contribution in [0.15, 0.2) is 6.33 Å². The molecule has 0 radical (unpaired) electrons. The van der Waals surface area contributed by atoms with Crippen LogP contribution in [0, 0.1) is 11.8 Å². The zero-order chi connectivity index (χ0) is 14.3. The van der Waals surface area contributed by atoms with Crippen molar-refractivity contribution < 1.29 is 0 Å². The van der Waals surface area contributed by atoms with Crippen molar-refractivity contribution in [3.8, 4) is 0 Å². The van der Waals surface area contributed by atoms with Crippen molar-refractivity contribution in [3.05, 3.63) is 12.2 Å². The Morgan fingerprint density at radius 3 is 2.58 bits per heavy atom. The van der Waals surface area contributed by atoms with Gasteiger partial charge in [0.1, 0.15) is 12.2 Å². The molecule has 1 aromatic rings. The van der Waals surface area contributed by atoms with E-state index in [1.54, 1.807) is 6.33 Å². The zero-order valence-corrected chi connectivity index (χ0v) is 13.2. The van der Waals surface area contributed by atoms with Crippen LogP contribution in [0.25, 0.3) is 0 Å². The van der Waals surface area contributed by atoms with Gasteiger partial charge in [0.15, 0.2) is 0 Å². The smallest absolute Gasteiger partial charge is 0.138 e. The first-order chi connectivity index (χ1) is 9.08. The molecule has 110 valence electrons. The molecule has 1 heterocycles. The fourth-order valence-corrected chi connectivity index (χ4v) is 2.53. The van der Waals surface area contributed by atoms with E-state index in [4.69, 9.17) is 0 Å². The summed E-state index contributed by atoms with van der Waals surface area (Å²) in [4.78, 5) is 4.45. The van der Waals surface area contributed by atoms with Crippen LogP contribution in [0.5, 0.6) is 0 Å². The fraction of sp³-hybridized carbons (Fsp3) is 0.867. The van der Waals surface area contributed by atoms with Crippen LogP contribution >= 0.6 is 0 Å². The predicted octanol–water partition coefficient (Wildman–Crippen LogP) is 2.89. The van der Waals surface area contributed by atoms with Gasteiger partial charge in [-0.3, -0.25) is 0 Å². The summed E-state index contributed by atoms with van der Waals surface area (Å²) in [5, 5.41) is 7.96. The summed E-state index contributed by atoms with van der Waals surface area (Å²) < 4.78 is 2.06. The number of hydrogen-bond acceptors (Lipinski definition) is 3.